The lowest BCUT2D eigenvalue weighted by Gasteiger charge is -2.14. The van der Waals surface area contributed by atoms with Crippen molar-refractivity contribution < 1.29 is 0 Å². The Kier molecular flexibility index (Phi) is 3.09. The topological polar surface area (TPSA) is 0 Å². The monoisotopic (exact) mass is 378 g/mol. The highest BCUT2D eigenvalue weighted by Gasteiger charge is 2.12. The molecule has 0 N–H and O–H groups in total. The summed E-state index contributed by atoms with van der Waals surface area (Å²) in [7, 11) is 0. The molecule has 0 aromatic heterocycles. The number of hydrogen-bond acceptors (Lipinski definition) is 0. The number of benzene rings is 7. The SMILES string of the molecule is c1ccc2c(c1)ccc1c(-c3cc4ccc5cccc6ccc(c3)c4c56)cccc12. The lowest BCUT2D eigenvalue weighted by molar-refractivity contribution is 1.71. The van der Waals surface area contributed by atoms with Gasteiger partial charge in [0.2, 0.25) is 0 Å². The minimum absolute atomic E-state index is 1.28. The highest BCUT2D eigenvalue weighted by Crippen LogP contribution is 2.39. The van der Waals surface area contributed by atoms with E-state index in [1.165, 1.54) is 65.0 Å². The van der Waals surface area contributed by atoms with Gasteiger partial charge >= 0.3 is 0 Å². The van der Waals surface area contributed by atoms with Crippen LogP contribution in [0, 0.1) is 0 Å². The lowest BCUT2D eigenvalue weighted by atomic mass is 9.89. The van der Waals surface area contributed by atoms with Crippen LogP contribution in [0.3, 0.4) is 0 Å². The Morgan fingerprint density at radius 2 is 0.900 bits per heavy atom. The maximum Gasteiger partial charge on any atom is -0.00264 e. The summed E-state index contributed by atoms with van der Waals surface area (Å²) in [6.45, 7) is 0. The van der Waals surface area contributed by atoms with Crippen LogP contribution in [-0.4, -0.2) is 0 Å². The molecule has 138 valence electrons. The van der Waals surface area contributed by atoms with Gasteiger partial charge in [0, 0.05) is 0 Å². The largest absolute Gasteiger partial charge is 0.0616 e. The highest BCUT2D eigenvalue weighted by molar-refractivity contribution is 6.24. The van der Waals surface area contributed by atoms with Crippen LogP contribution >= 0.6 is 0 Å². The molecular weight excluding hydrogens is 360 g/mol. The Balaban J connectivity index is 1.58. The molecule has 7 aromatic carbocycles. The zero-order chi connectivity index (χ0) is 19.7. The van der Waals surface area contributed by atoms with Crippen LogP contribution in [0.2, 0.25) is 0 Å². The minimum atomic E-state index is 1.28. The molecule has 0 bridgehead atoms. The summed E-state index contributed by atoms with van der Waals surface area (Å²) in [4.78, 5) is 0. The standard InChI is InChI=1S/C30H18/c1-2-8-25-19(5-1)15-16-28-26(9-4-10-27(25)28)24-17-22-13-11-20-6-3-7-21-12-14-23(18-24)30(22)29(20)21/h1-18H. The molecule has 0 aliphatic carbocycles. The van der Waals surface area contributed by atoms with Crippen molar-refractivity contribution in [3.8, 4) is 11.1 Å². The first-order valence-corrected chi connectivity index (χ1v) is 10.5. The van der Waals surface area contributed by atoms with Gasteiger partial charge in [0.05, 0.1) is 0 Å². The summed E-state index contributed by atoms with van der Waals surface area (Å²) < 4.78 is 0. The Morgan fingerprint density at radius 1 is 0.333 bits per heavy atom. The Labute approximate surface area is 174 Å². The van der Waals surface area contributed by atoms with Crippen molar-refractivity contribution >= 4 is 53.9 Å². The third kappa shape index (κ3) is 2.11. The molecule has 0 fully saturated rings. The first-order valence-electron chi connectivity index (χ1n) is 10.5. The van der Waals surface area contributed by atoms with Gasteiger partial charge in [-0.25, -0.2) is 0 Å². The summed E-state index contributed by atoms with van der Waals surface area (Å²) >= 11 is 0. The molecule has 0 radical (unpaired) electrons. The van der Waals surface area contributed by atoms with Crippen LogP contribution in [0.5, 0.6) is 0 Å². The third-order valence-corrected chi connectivity index (χ3v) is 6.56. The van der Waals surface area contributed by atoms with Gasteiger partial charge in [-0.3, -0.25) is 0 Å². The van der Waals surface area contributed by atoms with Crippen LogP contribution < -0.4 is 0 Å². The van der Waals surface area contributed by atoms with E-state index < -0.39 is 0 Å². The lowest BCUT2D eigenvalue weighted by Crippen LogP contribution is -1.87. The van der Waals surface area contributed by atoms with Gasteiger partial charge in [0.25, 0.3) is 0 Å². The normalized spacial score (nSPS) is 12.0. The van der Waals surface area contributed by atoms with Gasteiger partial charge in [-0.05, 0) is 77.1 Å². The highest BCUT2D eigenvalue weighted by atomic mass is 14.2. The third-order valence-electron chi connectivity index (χ3n) is 6.56. The molecule has 0 nitrogen and oxygen atoms in total. The van der Waals surface area contributed by atoms with E-state index in [4.69, 9.17) is 0 Å². The van der Waals surface area contributed by atoms with Crippen molar-refractivity contribution in [1.82, 2.24) is 0 Å². The van der Waals surface area contributed by atoms with Gasteiger partial charge in [0.1, 0.15) is 0 Å². The summed E-state index contributed by atoms with van der Waals surface area (Å²) in [6.07, 6.45) is 0. The maximum atomic E-state index is 2.36. The fourth-order valence-electron chi connectivity index (χ4n) is 5.20. The molecule has 0 saturated heterocycles. The van der Waals surface area contributed by atoms with Gasteiger partial charge in [-0.15, -0.1) is 0 Å². The van der Waals surface area contributed by atoms with E-state index in [2.05, 4.69) is 109 Å². The maximum absolute atomic E-state index is 2.36. The van der Waals surface area contributed by atoms with Gasteiger partial charge in [0.15, 0.2) is 0 Å². The van der Waals surface area contributed by atoms with Crippen molar-refractivity contribution in [2.75, 3.05) is 0 Å². The minimum Gasteiger partial charge on any atom is -0.0616 e. The van der Waals surface area contributed by atoms with E-state index in [9.17, 15) is 0 Å². The quantitative estimate of drug-likeness (QED) is 0.251. The van der Waals surface area contributed by atoms with E-state index >= 15 is 0 Å². The Morgan fingerprint density at radius 3 is 1.70 bits per heavy atom. The predicted octanol–water partition coefficient (Wildman–Crippen LogP) is 8.56. The van der Waals surface area contributed by atoms with Crippen LogP contribution in [-0.2, 0) is 0 Å². The van der Waals surface area contributed by atoms with Crippen LogP contribution in [0.1, 0.15) is 0 Å². The van der Waals surface area contributed by atoms with E-state index in [1.54, 1.807) is 0 Å². The summed E-state index contributed by atoms with van der Waals surface area (Å²) in [6, 6.07) is 40.2. The van der Waals surface area contributed by atoms with Crippen LogP contribution in [0.4, 0.5) is 0 Å². The Bertz CT molecular complexity index is 1670. The molecule has 0 spiro atoms. The molecular formula is C30H18. The molecule has 0 atom stereocenters. The second kappa shape index (κ2) is 5.81. The Hall–Kier alpha value is -3.90. The zero-order valence-electron chi connectivity index (χ0n) is 16.4. The average molecular weight is 378 g/mol. The van der Waals surface area contributed by atoms with Crippen LogP contribution in [0.25, 0.3) is 65.0 Å². The second-order valence-electron chi connectivity index (χ2n) is 8.20. The second-order valence-corrected chi connectivity index (χ2v) is 8.20. The summed E-state index contributed by atoms with van der Waals surface area (Å²) in [5.74, 6) is 0. The number of hydrogen-bond donors (Lipinski definition) is 0. The van der Waals surface area contributed by atoms with E-state index in [0.717, 1.165) is 0 Å². The van der Waals surface area contributed by atoms with Crippen molar-refractivity contribution in [2.24, 2.45) is 0 Å². The average Bonchev–Trinajstić information content (AvgIpc) is 2.82. The van der Waals surface area contributed by atoms with Gasteiger partial charge in [-0.2, -0.15) is 0 Å². The molecule has 30 heavy (non-hydrogen) atoms. The molecule has 7 rings (SSSR count). The van der Waals surface area contributed by atoms with E-state index in [-0.39, 0.29) is 0 Å². The molecule has 7 aromatic rings. The van der Waals surface area contributed by atoms with Crippen LogP contribution in [0.15, 0.2) is 109 Å². The van der Waals surface area contributed by atoms with E-state index in [0.29, 0.717) is 0 Å². The number of fused-ring (bicyclic) bond motifs is 3. The van der Waals surface area contributed by atoms with Gasteiger partial charge < -0.3 is 0 Å². The smallest absolute Gasteiger partial charge is 0.00264 e. The van der Waals surface area contributed by atoms with Crippen molar-refractivity contribution in [1.29, 1.82) is 0 Å². The molecule has 0 heteroatoms. The predicted molar refractivity (Wildman–Crippen MR) is 131 cm³/mol. The first-order chi connectivity index (χ1) is 14.9. The van der Waals surface area contributed by atoms with E-state index in [1.807, 2.05) is 0 Å². The summed E-state index contributed by atoms with van der Waals surface area (Å²) in [5, 5.41) is 13.2. The van der Waals surface area contributed by atoms with Crippen molar-refractivity contribution in [2.45, 2.75) is 0 Å². The fourth-order valence-corrected chi connectivity index (χ4v) is 5.20. The van der Waals surface area contributed by atoms with Crippen molar-refractivity contribution in [3.63, 3.8) is 0 Å². The molecule has 0 saturated carbocycles. The molecule has 0 amide bonds. The van der Waals surface area contributed by atoms with Gasteiger partial charge in [-0.1, -0.05) is 97.1 Å². The summed E-state index contributed by atoms with van der Waals surface area (Å²) in [5.41, 5.74) is 2.57. The molecule has 0 heterocycles. The molecule has 0 aliphatic heterocycles. The van der Waals surface area contributed by atoms with Crippen molar-refractivity contribution in [3.05, 3.63) is 109 Å². The first kappa shape index (κ1) is 16.0. The molecule has 0 aliphatic rings. The zero-order valence-corrected chi connectivity index (χ0v) is 16.4. The fraction of sp³-hybridized carbons (Fsp3) is 0. The number of rotatable bonds is 1. The molecule has 0 unspecified atom stereocenters.